The van der Waals surface area contributed by atoms with Gasteiger partial charge >= 0.3 is 0 Å². The molecule has 1 rings (SSSR count). The molecule has 0 bridgehead atoms. The number of alkyl halides is 2. The van der Waals surface area contributed by atoms with Crippen LogP contribution in [-0.4, -0.2) is 13.0 Å². The smallest absolute Gasteiger partial charge is 0.255 e. The molecule has 0 unspecified atom stereocenters. The van der Waals surface area contributed by atoms with E-state index in [0.29, 0.717) is 0 Å². The third kappa shape index (κ3) is 2.54. The Bertz CT molecular complexity index is 289. The van der Waals surface area contributed by atoms with Crippen molar-refractivity contribution in [3.8, 4) is 0 Å². The molecule has 0 heterocycles. The number of nitrogens with two attached hydrogens (primary N) is 1. The van der Waals surface area contributed by atoms with Crippen LogP contribution in [0.5, 0.6) is 0 Å². The van der Waals surface area contributed by atoms with Gasteiger partial charge in [0.15, 0.2) is 0 Å². The minimum atomic E-state index is -2.48. The highest BCUT2D eigenvalue weighted by Gasteiger charge is 2.06. The molecule has 13 heavy (non-hydrogen) atoms. The van der Waals surface area contributed by atoms with Crippen molar-refractivity contribution in [3.63, 3.8) is 0 Å². The summed E-state index contributed by atoms with van der Waals surface area (Å²) in [6, 6.07) is 4.02. The van der Waals surface area contributed by atoms with Gasteiger partial charge in [0, 0.05) is 0 Å². The van der Waals surface area contributed by atoms with Gasteiger partial charge in [0.2, 0.25) is 0 Å². The van der Waals surface area contributed by atoms with Gasteiger partial charge in [-0.25, -0.2) is 13.2 Å². The molecular formula is C8H9F3N2. The van der Waals surface area contributed by atoms with E-state index in [4.69, 9.17) is 5.73 Å². The Balaban J connectivity index is 2.71. The fourth-order valence-electron chi connectivity index (χ4n) is 0.878. The van der Waals surface area contributed by atoms with Crippen molar-refractivity contribution in [1.29, 1.82) is 0 Å². The Morgan fingerprint density at radius 2 is 2.08 bits per heavy atom. The molecule has 0 aliphatic heterocycles. The molecule has 72 valence electrons. The van der Waals surface area contributed by atoms with Crippen molar-refractivity contribution in [2.24, 2.45) is 0 Å². The van der Waals surface area contributed by atoms with Gasteiger partial charge < -0.3 is 11.1 Å². The first kappa shape index (κ1) is 9.70. The van der Waals surface area contributed by atoms with E-state index < -0.39 is 18.8 Å². The lowest BCUT2D eigenvalue weighted by molar-refractivity contribution is 0.163. The Labute approximate surface area is 73.5 Å². The van der Waals surface area contributed by atoms with E-state index in [2.05, 4.69) is 5.32 Å². The lowest BCUT2D eigenvalue weighted by Crippen LogP contribution is -2.11. The van der Waals surface area contributed by atoms with E-state index in [9.17, 15) is 13.2 Å². The van der Waals surface area contributed by atoms with Gasteiger partial charge in [-0.15, -0.1) is 0 Å². The van der Waals surface area contributed by atoms with Crippen molar-refractivity contribution in [2.45, 2.75) is 6.43 Å². The first-order valence-corrected chi connectivity index (χ1v) is 3.67. The molecule has 0 fully saturated rings. The van der Waals surface area contributed by atoms with E-state index in [0.717, 1.165) is 0 Å². The average molecular weight is 190 g/mol. The molecule has 1 aromatic carbocycles. The van der Waals surface area contributed by atoms with Crippen molar-refractivity contribution in [1.82, 2.24) is 0 Å². The highest BCUT2D eigenvalue weighted by Crippen LogP contribution is 2.20. The third-order valence-corrected chi connectivity index (χ3v) is 1.50. The molecular weight excluding hydrogens is 181 g/mol. The first-order valence-electron chi connectivity index (χ1n) is 3.67. The Kier molecular flexibility index (Phi) is 3.00. The summed E-state index contributed by atoms with van der Waals surface area (Å²) < 4.78 is 36.3. The summed E-state index contributed by atoms with van der Waals surface area (Å²) >= 11 is 0. The topological polar surface area (TPSA) is 38.0 Å². The molecule has 0 aliphatic rings. The van der Waals surface area contributed by atoms with Crippen molar-refractivity contribution in [3.05, 3.63) is 24.0 Å². The summed E-state index contributed by atoms with van der Waals surface area (Å²) in [5, 5.41) is 2.34. The molecule has 3 N–H and O–H groups in total. The highest BCUT2D eigenvalue weighted by atomic mass is 19.3. The Hall–Kier alpha value is -1.39. The van der Waals surface area contributed by atoms with Gasteiger partial charge in [-0.05, 0) is 12.1 Å². The van der Waals surface area contributed by atoms with Gasteiger partial charge in [0.05, 0.1) is 17.9 Å². The van der Waals surface area contributed by atoms with Crippen molar-refractivity contribution >= 4 is 11.4 Å². The minimum absolute atomic E-state index is 0.136. The second-order valence-electron chi connectivity index (χ2n) is 2.47. The van der Waals surface area contributed by atoms with Crippen LogP contribution in [0.3, 0.4) is 0 Å². The summed E-state index contributed by atoms with van der Waals surface area (Å²) in [6.07, 6.45) is -2.48. The Morgan fingerprint density at radius 3 is 2.69 bits per heavy atom. The molecule has 0 amide bonds. The molecule has 5 heteroatoms. The number of hydrogen-bond donors (Lipinski definition) is 2. The zero-order valence-corrected chi connectivity index (χ0v) is 6.73. The maximum atomic E-state index is 12.8. The van der Waals surface area contributed by atoms with E-state index in [1.165, 1.54) is 18.2 Å². The molecule has 0 aliphatic carbocycles. The summed E-state index contributed by atoms with van der Waals surface area (Å²) in [5.74, 6) is -0.612. The Morgan fingerprint density at radius 1 is 1.38 bits per heavy atom. The summed E-state index contributed by atoms with van der Waals surface area (Å²) in [4.78, 5) is 0. The molecule has 0 saturated heterocycles. The summed E-state index contributed by atoms with van der Waals surface area (Å²) in [7, 11) is 0. The number of hydrogen-bond acceptors (Lipinski definition) is 2. The lowest BCUT2D eigenvalue weighted by Gasteiger charge is -2.08. The number of rotatable bonds is 3. The van der Waals surface area contributed by atoms with Crippen LogP contribution in [0, 0.1) is 5.82 Å². The maximum absolute atomic E-state index is 12.8. The third-order valence-electron chi connectivity index (χ3n) is 1.50. The van der Waals surface area contributed by atoms with Crippen LogP contribution in [-0.2, 0) is 0 Å². The monoisotopic (exact) mass is 190 g/mol. The van der Waals surface area contributed by atoms with Gasteiger partial charge in [-0.1, -0.05) is 6.07 Å². The molecule has 0 saturated carbocycles. The molecule has 0 atom stereocenters. The fourth-order valence-corrected chi connectivity index (χ4v) is 0.878. The number of nitrogen functional groups attached to an aromatic ring is 1. The number of nitrogens with one attached hydrogen (secondary N) is 1. The standard InChI is InChI=1S/C8H9F3N2/c9-5-2-1-3-6(8(5)12)13-4-7(10)11/h1-3,7,13H,4,12H2. The van der Waals surface area contributed by atoms with Crippen LogP contribution in [0.15, 0.2) is 18.2 Å². The zero-order chi connectivity index (χ0) is 9.84. The van der Waals surface area contributed by atoms with Gasteiger partial charge in [-0.2, -0.15) is 0 Å². The largest absolute Gasteiger partial charge is 0.395 e. The summed E-state index contributed by atoms with van der Waals surface area (Å²) in [6.45, 7) is -0.534. The van der Waals surface area contributed by atoms with Crippen molar-refractivity contribution < 1.29 is 13.2 Å². The number of benzene rings is 1. The number of anilines is 2. The second kappa shape index (κ2) is 4.02. The van der Waals surface area contributed by atoms with Gasteiger partial charge in [-0.3, -0.25) is 0 Å². The van der Waals surface area contributed by atoms with E-state index in [1.54, 1.807) is 0 Å². The highest BCUT2D eigenvalue weighted by molar-refractivity contribution is 5.66. The van der Waals surface area contributed by atoms with Crippen LogP contribution in [0.25, 0.3) is 0 Å². The predicted octanol–water partition coefficient (Wildman–Crippen LogP) is 2.08. The first-order chi connectivity index (χ1) is 6.11. The van der Waals surface area contributed by atoms with Crippen LogP contribution in [0.4, 0.5) is 24.5 Å². The van der Waals surface area contributed by atoms with Crippen LogP contribution in [0.1, 0.15) is 0 Å². The maximum Gasteiger partial charge on any atom is 0.255 e. The van der Waals surface area contributed by atoms with Crippen LogP contribution >= 0.6 is 0 Å². The second-order valence-corrected chi connectivity index (χ2v) is 2.47. The molecule has 2 nitrogen and oxygen atoms in total. The molecule has 0 spiro atoms. The van der Waals surface area contributed by atoms with E-state index in [1.807, 2.05) is 0 Å². The SMILES string of the molecule is Nc1c(F)cccc1NCC(F)F. The van der Waals surface area contributed by atoms with E-state index >= 15 is 0 Å². The predicted molar refractivity (Wildman–Crippen MR) is 45.3 cm³/mol. The van der Waals surface area contributed by atoms with E-state index in [-0.39, 0.29) is 11.4 Å². The van der Waals surface area contributed by atoms with Crippen LogP contribution in [0.2, 0.25) is 0 Å². The fraction of sp³-hybridized carbons (Fsp3) is 0.250. The number of halogens is 3. The molecule has 0 aromatic heterocycles. The average Bonchev–Trinajstić information content (AvgIpc) is 2.07. The number of para-hydroxylation sites is 1. The molecule has 0 radical (unpaired) electrons. The summed E-state index contributed by atoms with van der Waals surface area (Å²) in [5.41, 5.74) is 5.35. The lowest BCUT2D eigenvalue weighted by atomic mass is 10.2. The quantitative estimate of drug-likeness (QED) is 0.716. The van der Waals surface area contributed by atoms with Gasteiger partial charge in [0.1, 0.15) is 5.82 Å². The zero-order valence-electron chi connectivity index (χ0n) is 6.73. The normalized spacial score (nSPS) is 10.5. The van der Waals surface area contributed by atoms with Crippen molar-refractivity contribution in [2.75, 3.05) is 17.6 Å². The molecule has 1 aromatic rings. The van der Waals surface area contributed by atoms with Crippen LogP contribution < -0.4 is 11.1 Å². The van der Waals surface area contributed by atoms with Gasteiger partial charge in [0.25, 0.3) is 6.43 Å². The minimum Gasteiger partial charge on any atom is -0.395 e.